The summed E-state index contributed by atoms with van der Waals surface area (Å²) in [6.45, 7) is 1.70. The summed E-state index contributed by atoms with van der Waals surface area (Å²) >= 11 is 5.94. The van der Waals surface area contributed by atoms with Gasteiger partial charge in [-0.2, -0.15) is 5.10 Å². The molecule has 0 aliphatic rings. The number of carbonyl (C=O) groups excluding carboxylic acids is 1. The van der Waals surface area contributed by atoms with Gasteiger partial charge >= 0.3 is 0 Å². The number of hydrazone groups is 1. The molecule has 0 bridgehead atoms. The summed E-state index contributed by atoms with van der Waals surface area (Å²) in [5.74, 6) is 1.30. The van der Waals surface area contributed by atoms with Gasteiger partial charge in [-0.15, -0.1) is 0 Å². The normalized spacial score (nSPS) is 10.6. The van der Waals surface area contributed by atoms with Crippen LogP contribution in [0.25, 0.3) is 0 Å². The third kappa shape index (κ3) is 5.12. The van der Waals surface area contributed by atoms with E-state index in [0.717, 1.165) is 5.56 Å². The second-order valence-electron chi connectivity index (χ2n) is 5.08. The van der Waals surface area contributed by atoms with Gasteiger partial charge in [0.1, 0.15) is 5.75 Å². The molecule has 1 amide bonds. The van der Waals surface area contributed by atoms with Gasteiger partial charge in [-0.25, -0.2) is 5.43 Å². The van der Waals surface area contributed by atoms with Crippen LogP contribution in [0.4, 0.5) is 0 Å². The van der Waals surface area contributed by atoms with Crippen LogP contribution in [0.3, 0.4) is 0 Å². The number of rotatable bonds is 7. The number of halogens is 1. The lowest BCUT2D eigenvalue weighted by Crippen LogP contribution is -2.24. The van der Waals surface area contributed by atoms with Crippen molar-refractivity contribution in [2.24, 2.45) is 5.10 Å². The quantitative estimate of drug-likeness (QED) is 0.606. The molecular formula is C18H19ClN2O4. The Morgan fingerprint density at radius 3 is 2.72 bits per heavy atom. The number of para-hydroxylation sites is 1. The second-order valence-corrected chi connectivity index (χ2v) is 5.48. The highest BCUT2D eigenvalue weighted by Crippen LogP contribution is 2.29. The van der Waals surface area contributed by atoms with Crippen molar-refractivity contribution in [3.63, 3.8) is 0 Å². The van der Waals surface area contributed by atoms with E-state index in [1.807, 2.05) is 6.92 Å². The first-order valence-corrected chi connectivity index (χ1v) is 7.84. The van der Waals surface area contributed by atoms with Crippen molar-refractivity contribution in [2.75, 3.05) is 20.8 Å². The second kappa shape index (κ2) is 8.94. The fourth-order valence-corrected chi connectivity index (χ4v) is 2.19. The molecule has 0 saturated carbocycles. The van der Waals surface area contributed by atoms with Gasteiger partial charge in [0, 0.05) is 10.6 Å². The number of amides is 1. The Morgan fingerprint density at radius 1 is 1.24 bits per heavy atom. The van der Waals surface area contributed by atoms with E-state index in [1.54, 1.807) is 43.5 Å². The third-order valence-corrected chi connectivity index (χ3v) is 3.75. The maximum absolute atomic E-state index is 11.8. The van der Waals surface area contributed by atoms with Gasteiger partial charge in [0.15, 0.2) is 18.1 Å². The summed E-state index contributed by atoms with van der Waals surface area (Å²) in [5.41, 5.74) is 3.95. The molecule has 6 nitrogen and oxygen atoms in total. The molecular weight excluding hydrogens is 344 g/mol. The molecule has 2 aromatic carbocycles. The van der Waals surface area contributed by atoms with Crippen molar-refractivity contribution in [1.29, 1.82) is 0 Å². The van der Waals surface area contributed by atoms with Gasteiger partial charge in [0.2, 0.25) is 0 Å². The highest BCUT2D eigenvalue weighted by molar-refractivity contribution is 6.31. The minimum atomic E-state index is -0.384. The molecule has 0 aliphatic heterocycles. The van der Waals surface area contributed by atoms with E-state index >= 15 is 0 Å². The Labute approximate surface area is 151 Å². The van der Waals surface area contributed by atoms with Gasteiger partial charge < -0.3 is 14.2 Å². The molecule has 0 radical (unpaired) electrons. The molecule has 0 fully saturated rings. The van der Waals surface area contributed by atoms with Crippen LogP contribution in [0, 0.1) is 6.92 Å². The minimum Gasteiger partial charge on any atom is -0.493 e. The van der Waals surface area contributed by atoms with E-state index in [4.69, 9.17) is 25.8 Å². The molecule has 132 valence electrons. The number of benzene rings is 2. The molecule has 0 aromatic heterocycles. The highest BCUT2D eigenvalue weighted by atomic mass is 35.5. The summed E-state index contributed by atoms with van der Waals surface area (Å²) in [6.07, 6.45) is 1.48. The van der Waals surface area contributed by atoms with Crippen LogP contribution in [0.2, 0.25) is 5.02 Å². The molecule has 2 aromatic rings. The average Bonchev–Trinajstić information content (AvgIpc) is 2.62. The largest absolute Gasteiger partial charge is 0.493 e. The Balaban J connectivity index is 1.91. The maximum Gasteiger partial charge on any atom is 0.277 e. The Morgan fingerprint density at radius 2 is 2.04 bits per heavy atom. The molecule has 0 spiro atoms. The lowest BCUT2D eigenvalue weighted by molar-refractivity contribution is -0.123. The smallest absolute Gasteiger partial charge is 0.277 e. The van der Waals surface area contributed by atoms with Crippen molar-refractivity contribution in [3.8, 4) is 17.2 Å². The van der Waals surface area contributed by atoms with Crippen LogP contribution >= 0.6 is 11.6 Å². The first-order valence-electron chi connectivity index (χ1n) is 7.47. The summed E-state index contributed by atoms with van der Waals surface area (Å²) in [4.78, 5) is 11.8. The van der Waals surface area contributed by atoms with Crippen LogP contribution in [0.1, 0.15) is 11.1 Å². The van der Waals surface area contributed by atoms with Gasteiger partial charge in [0.25, 0.3) is 5.91 Å². The Kier molecular flexibility index (Phi) is 6.65. The summed E-state index contributed by atoms with van der Waals surface area (Å²) < 4.78 is 15.9. The van der Waals surface area contributed by atoms with E-state index in [9.17, 15) is 4.79 Å². The van der Waals surface area contributed by atoms with Crippen LogP contribution < -0.4 is 19.6 Å². The van der Waals surface area contributed by atoms with Gasteiger partial charge in [-0.3, -0.25) is 4.79 Å². The molecule has 25 heavy (non-hydrogen) atoms. The SMILES string of the molecule is COc1cccc(C=NNC(=O)COc2ccc(Cl)c(C)c2)c1OC. The molecule has 7 heteroatoms. The number of carbonyl (C=O) groups is 1. The van der Waals surface area contributed by atoms with Gasteiger partial charge in [-0.05, 0) is 42.8 Å². The number of aryl methyl sites for hydroxylation is 1. The number of methoxy groups -OCH3 is 2. The predicted molar refractivity (Wildman–Crippen MR) is 97.0 cm³/mol. The topological polar surface area (TPSA) is 69.2 Å². The van der Waals surface area contributed by atoms with Crippen LogP contribution in [0.15, 0.2) is 41.5 Å². The number of nitrogens with one attached hydrogen (secondary N) is 1. The molecule has 0 heterocycles. The van der Waals surface area contributed by atoms with E-state index in [0.29, 0.717) is 27.8 Å². The lowest BCUT2D eigenvalue weighted by atomic mass is 10.2. The zero-order valence-corrected chi connectivity index (χ0v) is 15.0. The first-order chi connectivity index (χ1) is 12.0. The van der Waals surface area contributed by atoms with Crippen molar-refractivity contribution >= 4 is 23.7 Å². The monoisotopic (exact) mass is 362 g/mol. The standard InChI is InChI=1S/C18H19ClN2O4/c1-12-9-14(7-8-15(12)19)25-11-17(22)21-20-10-13-5-4-6-16(23-2)18(13)24-3/h4-10H,11H2,1-3H3,(H,21,22). The molecule has 1 N–H and O–H groups in total. The number of nitrogens with zero attached hydrogens (tertiary/aromatic N) is 1. The van der Waals surface area contributed by atoms with Crippen molar-refractivity contribution in [2.45, 2.75) is 6.92 Å². The van der Waals surface area contributed by atoms with Crippen LogP contribution in [-0.2, 0) is 4.79 Å². The zero-order valence-electron chi connectivity index (χ0n) is 14.2. The van der Waals surface area contributed by atoms with Crippen LogP contribution in [0.5, 0.6) is 17.2 Å². The van der Waals surface area contributed by atoms with E-state index in [1.165, 1.54) is 13.3 Å². The van der Waals surface area contributed by atoms with Gasteiger partial charge in [0.05, 0.1) is 20.4 Å². The van der Waals surface area contributed by atoms with Crippen molar-refractivity contribution in [1.82, 2.24) is 5.43 Å². The fourth-order valence-electron chi connectivity index (χ4n) is 2.08. The van der Waals surface area contributed by atoms with E-state index < -0.39 is 0 Å². The maximum atomic E-state index is 11.8. The van der Waals surface area contributed by atoms with Crippen LogP contribution in [-0.4, -0.2) is 32.9 Å². The predicted octanol–water partition coefficient (Wildman–Crippen LogP) is 3.19. The number of ether oxygens (including phenoxy) is 3. The summed E-state index contributed by atoms with van der Waals surface area (Å²) in [7, 11) is 3.09. The zero-order chi connectivity index (χ0) is 18.2. The molecule has 0 atom stereocenters. The Hall–Kier alpha value is -2.73. The Bertz CT molecular complexity index is 778. The summed E-state index contributed by atoms with van der Waals surface area (Å²) in [5, 5.41) is 4.56. The van der Waals surface area contributed by atoms with E-state index in [-0.39, 0.29) is 12.5 Å². The highest BCUT2D eigenvalue weighted by Gasteiger charge is 2.08. The third-order valence-electron chi connectivity index (χ3n) is 3.33. The number of hydrogen-bond acceptors (Lipinski definition) is 5. The fraction of sp³-hybridized carbons (Fsp3) is 0.222. The average molecular weight is 363 g/mol. The lowest BCUT2D eigenvalue weighted by Gasteiger charge is -2.09. The first kappa shape index (κ1) is 18.6. The summed E-state index contributed by atoms with van der Waals surface area (Å²) in [6, 6.07) is 10.6. The molecule has 0 unspecified atom stereocenters. The molecule has 0 saturated heterocycles. The molecule has 2 rings (SSSR count). The minimum absolute atomic E-state index is 0.159. The van der Waals surface area contributed by atoms with Crippen molar-refractivity contribution < 1.29 is 19.0 Å². The van der Waals surface area contributed by atoms with E-state index in [2.05, 4.69) is 10.5 Å². The molecule has 0 aliphatic carbocycles. The number of hydrogen-bond donors (Lipinski definition) is 1. The van der Waals surface area contributed by atoms with Gasteiger partial charge in [-0.1, -0.05) is 17.7 Å². The van der Waals surface area contributed by atoms with Crippen molar-refractivity contribution in [3.05, 3.63) is 52.5 Å².